The third-order valence-electron chi connectivity index (χ3n) is 2.58. The van der Waals surface area contributed by atoms with Crippen LogP contribution in [0.3, 0.4) is 0 Å². The van der Waals surface area contributed by atoms with Crippen LogP contribution in [0, 0.1) is 17.5 Å². The average Bonchev–Trinajstić information content (AvgIpc) is 2.81. The molecule has 1 aromatic carbocycles. The van der Waals surface area contributed by atoms with Gasteiger partial charge in [0.15, 0.2) is 17.5 Å². The maximum atomic E-state index is 13.1. The van der Waals surface area contributed by atoms with Crippen molar-refractivity contribution in [2.45, 2.75) is 32.9 Å². The monoisotopic (exact) mass is 284 g/mol. The van der Waals surface area contributed by atoms with Gasteiger partial charge in [-0.1, -0.05) is 0 Å². The summed E-state index contributed by atoms with van der Waals surface area (Å²) in [6, 6.07) is 1.70. The van der Waals surface area contributed by atoms with Gasteiger partial charge >= 0.3 is 0 Å². The molecule has 1 aromatic heterocycles. The molecular weight excluding hydrogens is 269 g/mol. The van der Waals surface area contributed by atoms with Gasteiger partial charge in [-0.3, -0.25) is 0 Å². The molecular formula is C14H15F3N2O. The van der Waals surface area contributed by atoms with Crippen LogP contribution in [0.4, 0.5) is 13.2 Å². The minimum atomic E-state index is -1.50. The van der Waals surface area contributed by atoms with Crippen LogP contribution in [0.15, 0.2) is 22.8 Å². The molecule has 6 heteroatoms. The zero-order valence-electron chi connectivity index (χ0n) is 11.4. The Labute approximate surface area is 114 Å². The molecule has 0 fully saturated rings. The molecule has 1 N–H and O–H groups in total. The minimum Gasteiger partial charge on any atom is -0.444 e. The van der Waals surface area contributed by atoms with Gasteiger partial charge in [-0.15, -0.1) is 0 Å². The molecule has 0 saturated carbocycles. The van der Waals surface area contributed by atoms with Crippen LogP contribution >= 0.6 is 0 Å². The second-order valence-electron chi connectivity index (χ2n) is 5.50. The number of nitrogens with one attached hydrogen (secondary N) is 1. The summed E-state index contributed by atoms with van der Waals surface area (Å²) in [6.45, 7) is 6.45. The third-order valence-corrected chi connectivity index (χ3v) is 2.58. The normalized spacial score (nSPS) is 11.9. The molecule has 0 unspecified atom stereocenters. The maximum absolute atomic E-state index is 13.1. The van der Waals surface area contributed by atoms with Crippen molar-refractivity contribution < 1.29 is 17.6 Å². The lowest BCUT2D eigenvalue weighted by atomic mass is 10.1. The van der Waals surface area contributed by atoms with Gasteiger partial charge in [0.25, 0.3) is 0 Å². The van der Waals surface area contributed by atoms with Crippen molar-refractivity contribution in [1.29, 1.82) is 0 Å². The van der Waals surface area contributed by atoms with Crippen LogP contribution in [-0.4, -0.2) is 10.5 Å². The predicted molar refractivity (Wildman–Crippen MR) is 68.4 cm³/mol. The van der Waals surface area contributed by atoms with Crippen molar-refractivity contribution in [2.24, 2.45) is 0 Å². The predicted octanol–water partition coefficient (Wildman–Crippen LogP) is 3.65. The molecule has 0 aliphatic carbocycles. The summed E-state index contributed by atoms with van der Waals surface area (Å²) in [5.41, 5.74) is 0.566. The second-order valence-corrected chi connectivity index (χ2v) is 5.50. The number of oxazole rings is 1. The van der Waals surface area contributed by atoms with Crippen molar-refractivity contribution in [3.05, 3.63) is 41.5 Å². The number of halogens is 3. The van der Waals surface area contributed by atoms with E-state index >= 15 is 0 Å². The number of rotatable bonds is 3. The Morgan fingerprint density at radius 3 is 2.30 bits per heavy atom. The fourth-order valence-electron chi connectivity index (χ4n) is 1.56. The van der Waals surface area contributed by atoms with Crippen LogP contribution < -0.4 is 5.32 Å². The van der Waals surface area contributed by atoms with Crippen LogP contribution in [0.5, 0.6) is 0 Å². The Morgan fingerprint density at radius 1 is 1.15 bits per heavy atom. The molecule has 3 nitrogen and oxygen atoms in total. The van der Waals surface area contributed by atoms with Crippen LogP contribution in [0.2, 0.25) is 0 Å². The fourth-order valence-corrected chi connectivity index (χ4v) is 1.56. The molecule has 0 amide bonds. The highest BCUT2D eigenvalue weighted by Gasteiger charge is 2.16. The maximum Gasteiger partial charge on any atom is 0.226 e. The van der Waals surface area contributed by atoms with E-state index in [1.54, 1.807) is 0 Å². The average molecular weight is 284 g/mol. The highest BCUT2D eigenvalue weighted by molar-refractivity contribution is 5.53. The minimum absolute atomic E-state index is 0.0495. The van der Waals surface area contributed by atoms with E-state index in [-0.39, 0.29) is 17.0 Å². The first-order valence-corrected chi connectivity index (χ1v) is 6.10. The lowest BCUT2D eigenvalue weighted by molar-refractivity contribution is 0.421. The molecule has 108 valence electrons. The largest absolute Gasteiger partial charge is 0.444 e. The quantitative estimate of drug-likeness (QED) is 0.874. The second kappa shape index (κ2) is 5.28. The van der Waals surface area contributed by atoms with E-state index in [4.69, 9.17) is 4.42 Å². The first-order chi connectivity index (χ1) is 9.26. The van der Waals surface area contributed by atoms with Gasteiger partial charge < -0.3 is 9.73 Å². The number of nitrogens with zero attached hydrogens (tertiary/aromatic N) is 1. The molecule has 2 rings (SSSR count). The van der Waals surface area contributed by atoms with Crippen molar-refractivity contribution in [1.82, 2.24) is 10.3 Å². The number of hydrogen-bond acceptors (Lipinski definition) is 3. The highest BCUT2D eigenvalue weighted by atomic mass is 19.2. The summed E-state index contributed by atoms with van der Waals surface area (Å²) < 4.78 is 44.3. The summed E-state index contributed by atoms with van der Waals surface area (Å²) in [6.07, 6.45) is 1.40. The van der Waals surface area contributed by atoms with E-state index in [1.807, 2.05) is 20.8 Å². The molecule has 0 aliphatic rings. The van der Waals surface area contributed by atoms with Crippen LogP contribution in [-0.2, 0) is 6.54 Å². The van der Waals surface area contributed by atoms with Gasteiger partial charge in [-0.2, -0.15) is 0 Å². The lowest BCUT2D eigenvalue weighted by Gasteiger charge is -2.19. The van der Waals surface area contributed by atoms with E-state index in [1.165, 1.54) is 6.26 Å². The van der Waals surface area contributed by atoms with Crippen molar-refractivity contribution in [3.8, 4) is 11.5 Å². The third kappa shape index (κ3) is 3.39. The van der Waals surface area contributed by atoms with E-state index in [2.05, 4.69) is 10.3 Å². The molecule has 0 radical (unpaired) electrons. The molecule has 0 saturated heterocycles. The summed E-state index contributed by atoms with van der Waals surface area (Å²) in [5.74, 6) is -4.00. The lowest BCUT2D eigenvalue weighted by Crippen LogP contribution is -2.35. The van der Waals surface area contributed by atoms with Gasteiger partial charge in [-0.25, -0.2) is 18.2 Å². The summed E-state index contributed by atoms with van der Waals surface area (Å²) in [4.78, 5) is 4.11. The Hall–Kier alpha value is -1.82. The molecule has 0 aliphatic heterocycles. The van der Waals surface area contributed by atoms with E-state index < -0.39 is 17.5 Å². The molecule has 0 atom stereocenters. The summed E-state index contributed by atoms with van der Waals surface area (Å²) >= 11 is 0. The zero-order chi connectivity index (χ0) is 14.9. The number of benzene rings is 1. The van der Waals surface area contributed by atoms with E-state index in [9.17, 15) is 13.2 Å². The molecule has 1 heterocycles. The SMILES string of the molecule is CC(C)(C)NCc1coc(-c2cc(F)c(F)c(F)c2)n1. The van der Waals surface area contributed by atoms with Crippen LogP contribution in [0.1, 0.15) is 26.5 Å². The smallest absolute Gasteiger partial charge is 0.226 e. The first-order valence-electron chi connectivity index (χ1n) is 6.10. The van der Waals surface area contributed by atoms with E-state index in [0.29, 0.717) is 12.2 Å². The highest BCUT2D eigenvalue weighted by Crippen LogP contribution is 2.23. The Balaban J connectivity index is 2.21. The fraction of sp³-hybridized carbons (Fsp3) is 0.357. The summed E-state index contributed by atoms with van der Waals surface area (Å²) in [5, 5.41) is 3.20. The van der Waals surface area contributed by atoms with Gasteiger partial charge in [0.05, 0.1) is 5.69 Å². The van der Waals surface area contributed by atoms with E-state index in [0.717, 1.165) is 12.1 Å². The van der Waals surface area contributed by atoms with Crippen LogP contribution in [0.25, 0.3) is 11.5 Å². The molecule has 20 heavy (non-hydrogen) atoms. The number of aromatic nitrogens is 1. The van der Waals surface area contributed by atoms with Crippen molar-refractivity contribution in [3.63, 3.8) is 0 Å². The van der Waals surface area contributed by atoms with Gasteiger partial charge in [0.1, 0.15) is 6.26 Å². The Kier molecular flexibility index (Phi) is 3.85. The topological polar surface area (TPSA) is 38.1 Å². The van der Waals surface area contributed by atoms with Crippen molar-refractivity contribution in [2.75, 3.05) is 0 Å². The van der Waals surface area contributed by atoms with Gasteiger partial charge in [-0.05, 0) is 32.9 Å². The number of hydrogen-bond donors (Lipinski definition) is 1. The van der Waals surface area contributed by atoms with Gasteiger partial charge in [0, 0.05) is 17.6 Å². The Morgan fingerprint density at radius 2 is 1.75 bits per heavy atom. The van der Waals surface area contributed by atoms with Gasteiger partial charge in [0.2, 0.25) is 5.89 Å². The molecule has 0 spiro atoms. The first kappa shape index (κ1) is 14.6. The molecule has 2 aromatic rings. The zero-order valence-corrected chi connectivity index (χ0v) is 11.4. The standard InChI is InChI=1S/C14H15F3N2O/c1-14(2,3)18-6-9-7-20-13(19-9)8-4-10(15)12(17)11(16)5-8/h4-5,7,18H,6H2,1-3H3. The molecule has 0 bridgehead atoms. The summed E-state index contributed by atoms with van der Waals surface area (Å²) in [7, 11) is 0. The van der Waals surface area contributed by atoms with Crippen molar-refractivity contribution >= 4 is 0 Å². The Bertz CT molecular complexity index is 594.